The summed E-state index contributed by atoms with van der Waals surface area (Å²) in [6.45, 7) is -2.12. The van der Waals surface area contributed by atoms with Crippen LogP contribution in [-0.4, -0.2) is 37.9 Å². The van der Waals surface area contributed by atoms with Gasteiger partial charge in [0.25, 0.3) is 18.8 Å². The van der Waals surface area contributed by atoms with E-state index in [1.54, 1.807) is 0 Å². The van der Waals surface area contributed by atoms with Crippen molar-refractivity contribution in [3.8, 4) is 0 Å². The molecule has 0 aromatic carbocycles. The molecule has 0 unspecified atom stereocenters. The molecule has 27 heavy (non-hydrogen) atoms. The number of alkyl halides is 7. The minimum absolute atomic E-state index is 0.00750. The maximum atomic E-state index is 12.8. The van der Waals surface area contributed by atoms with Crippen molar-refractivity contribution in [2.24, 2.45) is 5.10 Å². The Kier molecular flexibility index (Phi) is 6.17. The SMILES string of the molecule is O=C(Cn1nc(C(F)F)cc1C(F)F)N/N=C/c1ccn(CC(F)(F)F)n1. The fourth-order valence-corrected chi connectivity index (χ4v) is 1.92. The Morgan fingerprint density at radius 2 is 1.93 bits per heavy atom. The first-order chi connectivity index (χ1) is 12.5. The van der Waals surface area contributed by atoms with Gasteiger partial charge in [-0.15, -0.1) is 0 Å². The lowest BCUT2D eigenvalue weighted by atomic mass is 10.3. The van der Waals surface area contributed by atoms with Gasteiger partial charge in [0.05, 0.1) is 6.21 Å². The smallest absolute Gasteiger partial charge is 0.271 e. The minimum Gasteiger partial charge on any atom is -0.271 e. The number of amides is 1. The van der Waals surface area contributed by atoms with E-state index in [-0.39, 0.29) is 5.69 Å². The molecule has 7 nitrogen and oxygen atoms in total. The van der Waals surface area contributed by atoms with Crippen molar-refractivity contribution in [3.05, 3.63) is 35.4 Å². The van der Waals surface area contributed by atoms with Crippen LogP contribution in [0.25, 0.3) is 0 Å². The number of aromatic nitrogens is 4. The van der Waals surface area contributed by atoms with Crippen LogP contribution in [0, 0.1) is 0 Å². The van der Waals surface area contributed by atoms with Gasteiger partial charge in [-0.3, -0.25) is 14.2 Å². The minimum atomic E-state index is -4.46. The van der Waals surface area contributed by atoms with Crippen LogP contribution in [0.4, 0.5) is 30.7 Å². The highest BCUT2D eigenvalue weighted by Crippen LogP contribution is 2.24. The zero-order chi connectivity index (χ0) is 20.2. The van der Waals surface area contributed by atoms with Crippen LogP contribution in [0.2, 0.25) is 0 Å². The number of rotatable bonds is 7. The second-order valence-corrected chi connectivity index (χ2v) is 5.10. The maximum Gasteiger partial charge on any atom is 0.408 e. The first kappa shape index (κ1) is 20.4. The summed E-state index contributed by atoms with van der Waals surface area (Å²) < 4.78 is 88.3. The number of carbonyl (C=O) groups is 1. The van der Waals surface area contributed by atoms with Crippen LogP contribution in [0.5, 0.6) is 0 Å². The monoisotopic (exact) mass is 400 g/mol. The van der Waals surface area contributed by atoms with E-state index in [1.165, 1.54) is 6.07 Å². The van der Waals surface area contributed by atoms with Crippen LogP contribution >= 0.6 is 0 Å². The third kappa shape index (κ3) is 6.07. The van der Waals surface area contributed by atoms with Gasteiger partial charge < -0.3 is 0 Å². The van der Waals surface area contributed by atoms with E-state index in [1.807, 2.05) is 5.43 Å². The van der Waals surface area contributed by atoms with Crippen molar-refractivity contribution in [2.45, 2.75) is 32.1 Å². The summed E-state index contributed by atoms with van der Waals surface area (Å²) in [5, 5.41) is 10.2. The molecular formula is C13H11F7N6O. The van der Waals surface area contributed by atoms with E-state index in [0.29, 0.717) is 15.4 Å². The number of nitrogens with zero attached hydrogens (tertiary/aromatic N) is 5. The average Bonchev–Trinajstić information content (AvgIpc) is 3.12. The third-order valence-corrected chi connectivity index (χ3v) is 2.96. The summed E-state index contributed by atoms with van der Waals surface area (Å²) in [7, 11) is 0. The summed E-state index contributed by atoms with van der Waals surface area (Å²) in [6.07, 6.45) is -8.71. The molecule has 0 aliphatic rings. The molecule has 2 heterocycles. The van der Waals surface area contributed by atoms with Gasteiger partial charge in [-0.05, 0) is 12.1 Å². The van der Waals surface area contributed by atoms with Gasteiger partial charge in [0.1, 0.15) is 30.2 Å². The van der Waals surface area contributed by atoms with Crippen LogP contribution in [0.3, 0.4) is 0 Å². The zero-order valence-electron chi connectivity index (χ0n) is 13.2. The number of hydrazone groups is 1. The standard InChI is InChI=1S/C13H11F7N6O/c14-11(15)8-3-9(12(16)17)26(24-8)5-10(27)22-21-4-7-1-2-25(23-7)6-13(18,19)20/h1-4,11-12H,5-6H2,(H,22,27)/b21-4+. The molecule has 1 amide bonds. The summed E-state index contributed by atoms with van der Waals surface area (Å²) in [5.74, 6) is -0.966. The highest BCUT2D eigenvalue weighted by molar-refractivity contribution is 5.80. The molecule has 0 bridgehead atoms. The van der Waals surface area contributed by atoms with E-state index in [2.05, 4.69) is 15.3 Å². The molecule has 0 atom stereocenters. The maximum absolute atomic E-state index is 12.8. The fourth-order valence-electron chi connectivity index (χ4n) is 1.92. The van der Waals surface area contributed by atoms with Gasteiger partial charge in [-0.1, -0.05) is 0 Å². The van der Waals surface area contributed by atoms with Crippen molar-refractivity contribution in [3.63, 3.8) is 0 Å². The first-order valence-electron chi connectivity index (χ1n) is 7.11. The normalized spacial score (nSPS) is 12.5. The molecule has 0 spiro atoms. The largest absolute Gasteiger partial charge is 0.408 e. The molecule has 0 aliphatic carbocycles. The fraction of sp³-hybridized carbons (Fsp3) is 0.385. The molecule has 148 valence electrons. The second-order valence-electron chi connectivity index (χ2n) is 5.10. The lowest BCUT2D eigenvalue weighted by Crippen LogP contribution is -2.25. The van der Waals surface area contributed by atoms with Gasteiger partial charge in [-0.25, -0.2) is 23.0 Å². The molecule has 2 aromatic heterocycles. The van der Waals surface area contributed by atoms with Gasteiger partial charge in [0.2, 0.25) is 0 Å². The Balaban J connectivity index is 1.96. The average molecular weight is 400 g/mol. The molecule has 14 heteroatoms. The van der Waals surface area contributed by atoms with Crippen molar-refractivity contribution in [2.75, 3.05) is 0 Å². The van der Waals surface area contributed by atoms with E-state index in [4.69, 9.17) is 0 Å². The Morgan fingerprint density at radius 1 is 1.22 bits per heavy atom. The predicted molar refractivity (Wildman–Crippen MR) is 76.2 cm³/mol. The van der Waals surface area contributed by atoms with E-state index in [9.17, 15) is 35.5 Å². The van der Waals surface area contributed by atoms with Gasteiger partial charge in [-0.2, -0.15) is 28.5 Å². The molecule has 2 rings (SSSR count). The Bertz CT molecular complexity index is 810. The quantitative estimate of drug-likeness (QED) is 0.441. The summed E-state index contributed by atoms with van der Waals surface area (Å²) in [6, 6.07) is 1.68. The lowest BCUT2D eigenvalue weighted by Gasteiger charge is -2.05. The highest BCUT2D eigenvalue weighted by Gasteiger charge is 2.28. The number of nitrogens with one attached hydrogen (secondary N) is 1. The van der Waals surface area contributed by atoms with Crippen LogP contribution in [0.15, 0.2) is 23.4 Å². The Morgan fingerprint density at radius 3 is 2.52 bits per heavy atom. The first-order valence-corrected chi connectivity index (χ1v) is 7.11. The van der Waals surface area contributed by atoms with E-state index < -0.39 is 49.4 Å². The third-order valence-electron chi connectivity index (χ3n) is 2.96. The topological polar surface area (TPSA) is 77.1 Å². The Labute approximate surface area is 146 Å². The molecule has 1 N–H and O–H groups in total. The molecule has 0 saturated carbocycles. The molecule has 2 aromatic rings. The number of hydrogen-bond donors (Lipinski definition) is 1. The zero-order valence-corrected chi connectivity index (χ0v) is 13.2. The van der Waals surface area contributed by atoms with Crippen molar-refractivity contribution >= 4 is 12.1 Å². The highest BCUT2D eigenvalue weighted by atomic mass is 19.4. The molecule has 0 aliphatic heterocycles. The van der Waals surface area contributed by atoms with E-state index in [0.717, 1.165) is 12.4 Å². The van der Waals surface area contributed by atoms with Crippen molar-refractivity contribution < 1.29 is 35.5 Å². The molecule has 0 saturated heterocycles. The van der Waals surface area contributed by atoms with E-state index >= 15 is 0 Å². The predicted octanol–water partition coefficient (Wildman–Crippen LogP) is 2.67. The van der Waals surface area contributed by atoms with Crippen molar-refractivity contribution in [1.29, 1.82) is 0 Å². The van der Waals surface area contributed by atoms with Crippen LogP contribution in [0.1, 0.15) is 29.9 Å². The van der Waals surface area contributed by atoms with Crippen molar-refractivity contribution in [1.82, 2.24) is 25.0 Å². The number of hydrogen-bond acceptors (Lipinski definition) is 4. The van der Waals surface area contributed by atoms with Gasteiger partial charge >= 0.3 is 6.18 Å². The molecule has 0 radical (unpaired) electrons. The summed E-state index contributed by atoms with van der Waals surface area (Å²) >= 11 is 0. The summed E-state index contributed by atoms with van der Waals surface area (Å²) in [4.78, 5) is 11.7. The van der Waals surface area contributed by atoms with Crippen LogP contribution < -0.4 is 5.43 Å². The van der Waals surface area contributed by atoms with Gasteiger partial charge in [0.15, 0.2) is 0 Å². The van der Waals surface area contributed by atoms with Gasteiger partial charge in [0, 0.05) is 6.20 Å². The van der Waals surface area contributed by atoms with Crippen LogP contribution in [-0.2, 0) is 17.9 Å². The second kappa shape index (κ2) is 8.18. The number of carbonyl (C=O) groups excluding carboxylic acids is 1. The lowest BCUT2D eigenvalue weighted by molar-refractivity contribution is -0.142. The molecule has 0 fully saturated rings. The molecular weight excluding hydrogens is 389 g/mol. The summed E-state index contributed by atoms with van der Waals surface area (Å²) in [5.41, 5.74) is 0.129. The Hall–Kier alpha value is -2.93. The number of halogens is 7.